The molecule has 1 aliphatic heterocycles. The van der Waals surface area contributed by atoms with E-state index >= 15 is 0 Å². The third-order valence-electron chi connectivity index (χ3n) is 4.43. The molecule has 1 N–H and O–H groups in total. The quantitative estimate of drug-likeness (QED) is 0.921. The third kappa shape index (κ3) is 3.17. The number of aliphatic hydroxyl groups excluding tert-OH is 1. The van der Waals surface area contributed by atoms with Gasteiger partial charge in [-0.15, -0.1) is 0 Å². The van der Waals surface area contributed by atoms with Crippen molar-refractivity contribution < 1.29 is 5.11 Å². The number of hydrogen-bond donors (Lipinski definition) is 1. The van der Waals surface area contributed by atoms with Crippen molar-refractivity contribution in [2.75, 3.05) is 13.1 Å². The van der Waals surface area contributed by atoms with Gasteiger partial charge < -0.3 is 5.11 Å². The van der Waals surface area contributed by atoms with Crippen molar-refractivity contribution >= 4 is 0 Å². The molecule has 0 saturated carbocycles. The molecule has 2 aromatic carbocycles. The molecule has 0 spiro atoms. The van der Waals surface area contributed by atoms with E-state index in [-0.39, 0.29) is 6.04 Å². The van der Waals surface area contributed by atoms with Gasteiger partial charge in [0.15, 0.2) is 0 Å². The second-order valence-electron chi connectivity index (χ2n) is 6.10. The Hall–Kier alpha value is -1.64. The van der Waals surface area contributed by atoms with Crippen LogP contribution in [0.4, 0.5) is 0 Å². The van der Waals surface area contributed by atoms with E-state index in [2.05, 4.69) is 36.1 Å². The highest BCUT2D eigenvalue weighted by Crippen LogP contribution is 2.37. The second kappa shape index (κ2) is 6.42. The Balaban J connectivity index is 1.92. The van der Waals surface area contributed by atoms with Crippen molar-refractivity contribution in [1.29, 1.82) is 0 Å². The molecule has 0 radical (unpaired) electrons. The Labute approximate surface area is 127 Å². The summed E-state index contributed by atoms with van der Waals surface area (Å²) < 4.78 is 0. The molecule has 3 rings (SSSR count). The van der Waals surface area contributed by atoms with Gasteiger partial charge in [-0.1, -0.05) is 67.6 Å². The first-order chi connectivity index (χ1) is 10.3. The highest BCUT2D eigenvalue weighted by Gasteiger charge is 2.32. The number of hydrogen-bond acceptors (Lipinski definition) is 2. The lowest BCUT2D eigenvalue weighted by molar-refractivity contribution is 0.0590. The maximum atomic E-state index is 10.9. The van der Waals surface area contributed by atoms with E-state index < -0.39 is 6.10 Å². The lowest BCUT2D eigenvalue weighted by atomic mass is 9.94. The summed E-state index contributed by atoms with van der Waals surface area (Å²) in [5.41, 5.74) is 2.19. The molecule has 1 saturated heterocycles. The minimum atomic E-state index is -0.487. The summed E-state index contributed by atoms with van der Waals surface area (Å²) in [7, 11) is 0. The fourth-order valence-corrected chi connectivity index (χ4v) is 3.30. The van der Waals surface area contributed by atoms with Gasteiger partial charge >= 0.3 is 0 Å². The third-order valence-corrected chi connectivity index (χ3v) is 4.43. The molecule has 1 aliphatic rings. The summed E-state index contributed by atoms with van der Waals surface area (Å²) >= 11 is 0. The summed E-state index contributed by atoms with van der Waals surface area (Å²) in [6, 6.07) is 20.4. The van der Waals surface area contributed by atoms with Crippen LogP contribution in [0.5, 0.6) is 0 Å². The molecule has 0 bridgehead atoms. The van der Waals surface area contributed by atoms with Crippen LogP contribution in [0.15, 0.2) is 60.7 Å². The predicted molar refractivity (Wildman–Crippen MR) is 85.9 cm³/mol. The Bertz CT molecular complexity index is 554. The van der Waals surface area contributed by atoms with Gasteiger partial charge in [0.05, 0.1) is 12.1 Å². The van der Waals surface area contributed by atoms with Crippen LogP contribution in [0.3, 0.4) is 0 Å². The first kappa shape index (κ1) is 14.3. The van der Waals surface area contributed by atoms with Gasteiger partial charge in [0.2, 0.25) is 0 Å². The van der Waals surface area contributed by atoms with Crippen LogP contribution in [0.1, 0.15) is 36.6 Å². The first-order valence-corrected chi connectivity index (χ1v) is 7.77. The summed E-state index contributed by atoms with van der Waals surface area (Å²) in [4.78, 5) is 2.43. The van der Waals surface area contributed by atoms with Crippen LogP contribution in [0, 0.1) is 5.92 Å². The van der Waals surface area contributed by atoms with Crippen LogP contribution in [-0.4, -0.2) is 23.1 Å². The predicted octanol–water partition coefficient (Wildman–Crippen LogP) is 3.80. The largest absolute Gasteiger partial charge is 0.386 e. The maximum absolute atomic E-state index is 10.9. The molecular weight excluding hydrogens is 258 g/mol. The van der Waals surface area contributed by atoms with Crippen LogP contribution in [0.25, 0.3) is 0 Å². The van der Waals surface area contributed by atoms with Gasteiger partial charge in [0.25, 0.3) is 0 Å². The zero-order chi connectivity index (χ0) is 14.7. The molecule has 110 valence electrons. The fraction of sp³-hybridized carbons (Fsp3) is 0.368. The molecule has 0 aliphatic carbocycles. The van der Waals surface area contributed by atoms with Gasteiger partial charge in [0, 0.05) is 6.54 Å². The van der Waals surface area contributed by atoms with Crippen LogP contribution in [-0.2, 0) is 0 Å². The van der Waals surface area contributed by atoms with Gasteiger partial charge in [-0.05, 0) is 30.0 Å². The molecule has 21 heavy (non-hydrogen) atoms. The van der Waals surface area contributed by atoms with Crippen molar-refractivity contribution in [1.82, 2.24) is 4.90 Å². The average Bonchev–Trinajstić information content (AvgIpc) is 2.95. The smallest absolute Gasteiger partial charge is 0.0986 e. The standard InChI is InChI=1S/C19H23NO/c1-15-12-13-20(14-15)18(16-8-4-2-5-9-16)19(21)17-10-6-3-7-11-17/h2-11,15,18-19,21H,12-14H2,1H3. The van der Waals surface area contributed by atoms with Gasteiger partial charge in [0.1, 0.15) is 0 Å². The zero-order valence-electron chi connectivity index (χ0n) is 12.5. The number of benzene rings is 2. The Morgan fingerprint density at radius 2 is 1.52 bits per heavy atom. The Morgan fingerprint density at radius 1 is 0.952 bits per heavy atom. The van der Waals surface area contributed by atoms with Crippen molar-refractivity contribution in [3.05, 3.63) is 71.8 Å². The van der Waals surface area contributed by atoms with Crippen LogP contribution >= 0.6 is 0 Å². The first-order valence-electron chi connectivity index (χ1n) is 7.77. The van der Waals surface area contributed by atoms with Gasteiger partial charge in [-0.2, -0.15) is 0 Å². The summed E-state index contributed by atoms with van der Waals surface area (Å²) in [6.45, 7) is 4.41. The zero-order valence-corrected chi connectivity index (χ0v) is 12.5. The van der Waals surface area contributed by atoms with Crippen molar-refractivity contribution in [2.45, 2.75) is 25.5 Å². The molecule has 2 nitrogen and oxygen atoms in total. The van der Waals surface area contributed by atoms with E-state index in [1.807, 2.05) is 36.4 Å². The highest BCUT2D eigenvalue weighted by molar-refractivity contribution is 5.26. The molecule has 1 heterocycles. The molecule has 2 heteroatoms. The maximum Gasteiger partial charge on any atom is 0.0986 e. The fourth-order valence-electron chi connectivity index (χ4n) is 3.30. The van der Waals surface area contributed by atoms with E-state index in [4.69, 9.17) is 0 Å². The lowest BCUT2D eigenvalue weighted by Gasteiger charge is -2.32. The number of likely N-dealkylation sites (tertiary alicyclic amines) is 1. The molecule has 1 fully saturated rings. The monoisotopic (exact) mass is 281 g/mol. The number of rotatable bonds is 4. The van der Waals surface area contributed by atoms with Crippen molar-refractivity contribution in [2.24, 2.45) is 5.92 Å². The average molecular weight is 281 g/mol. The minimum Gasteiger partial charge on any atom is -0.386 e. The topological polar surface area (TPSA) is 23.5 Å². The van der Waals surface area contributed by atoms with E-state index in [1.165, 1.54) is 12.0 Å². The molecule has 3 atom stereocenters. The van der Waals surface area contributed by atoms with E-state index in [1.54, 1.807) is 0 Å². The number of nitrogens with zero attached hydrogens (tertiary/aromatic N) is 1. The molecular formula is C19H23NO. The normalized spacial score (nSPS) is 22.1. The summed E-state index contributed by atoms with van der Waals surface area (Å²) in [5, 5.41) is 10.9. The summed E-state index contributed by atoms with van der Waals surface area (Å²) in [6.07, 6.45) is 0.726. The molecule has 0 amide bonds. The van der Waals surface area contributed by atoms with Gasteiger partial charge in [-0.3, -0.25) is 4.90 Å². The van der Waals surface area contributed by atoms with Crippen molar-refractivity contribution in [3.63, 3.8) is 0 Å². The Morgan fingerprint density at radius 3 is 2.05 bits per heavy atom. The van der Waals surface area contributed by atoms with E-state index in [0.29, 0.717) is 5.92 Å². The molecule has 2 aromatic rings. The SMILES string of the molecule is CC1CCN(C(c2ccccc2)C(O)c2ccccc2)C1. The summed E-state index contributed by atoms with van der Waals surface area (Å²) in [5.74, 6) is 0.708. The van der Waals surface area contributed by atoms with Crippen LogP contribution < -0.4 is 0 Å². The van der Waals surface area contributed by atoms with Gasteiger partial charge in [-0.25, -0.2) is 0 Å². The molecule has 0 aromatic heterocycles. The van der Waals surface area contributed by atoms with E-state index in [9.17, 15) is 5.11 Å². The van der Waals surface area contributed by atoms with E-state index in [0.717, 1.165) is 18.7 Å². The number of aliphatic hydroxyl groups is 1. The lowest BCUT2D eigenvalue weighted by Crippen LogP contribution is -2.31. The van der Waals surface area contributed by atoms with Crippen LogP contribution in [0.2, 0.25) is 0 Å². The Kier molecular flexibility index (Phi) is 4.37. The van der Waals surface area contributed by atoms with Crippen molar-refractivity contribution in [3.8, 4) is 0 Å². The molecule has 3 unspecified atom stereocenters. The highest BCUT2D eigenvalue weighted by atomic mass is 16.3. The second-order valence-corrected chi connectivity index (χ2v) is 6.10. The minimum absolute atomic E-state index is 0.0403.